The van der Waals surface area contributed by atoms with Crippen LogP contribution in [0.5, 0.6) is 0 Å². The van der Waals surface area contributed by atoms with E-state index in [1.807, 2.05) is 37.3 Å². The number of hydrogen-bond acceptors (Lipinski definition) is 4. The number of benzene rings is 3. The van der Waals surface area contributed by atoms with Crippen LogP contribution >= 0.6 is 0 Å². The van der Waals surface area contributed by atoms with E-state index in [0.717, 1.165) is 16.3 Å². The number of fused-ring (bicyclic) bond motifs is 3. The monoisotopic (exact) mass is 374 g/mol. The van der Waals surface area contributed by atoms with Crippen LogP contribution in [0.4, 0.5) is 17.1 Å². The van der Waals surface area contributed by atoms with Gasteiger partial charge in [-0.25, -0.2) is 0 Å². The molecule has 0 bridgehead atoms. The predicted molar refractivity (Wildman–Crippen MR) is 108 cm³/mol. The normalized spacial score (nSPS) is 14.6. The van der Waals surface area contributed by atoms with E-state index in [1.165, 1.54) is 4.90 Å². The van der Waals surface area contributed by atoms with E-state index in [4.69, 9.17) is 10.9 Å². The molecule has 28 heavy (non-hydrogen) atoms. The number of hydrogen-bond donors (Lipinski definition) is 3. The Morgan fingerprint density at radius 2 is 1.93 bits per heavy atom. The minimum Gasteiger partial charge on any atom is -0.409 e. The smallest absolute Gasteiger partial charge is 0.241 e. The minimum absolute atomic E-state index is 0.0623. The lowest BCUT2D eigenvalue weighted by Crippen LogP contribution is -2.26. The van der Waals surface area contributed by atoms with E-state index in [0.29, 0.717) is 22.6 Å². The first-order chi connectivity index (χ1) is 13.5. The topological polar surface area (TPSA) is 108 Å². The standard InChI is InChI=1S/C21H18N4O3/c1-12-5-6-13-7-8-17-20(16(13)9-12)23-18(26)11-19(27)25(17)15-4-2-3-14(10-15)21(22)24-28/h2-10,28H,11H2,1H3,(H2,22,24)(H,23,26). The number of nitrogens with zero attached hydrogens (tertiary/aromatic N) is 2. The number of carbonyl (C=O) groups excluding carboxylic acids is 2. The fourth-order valence-corrected chi connectivity index (χ4v) is 3.42. The van der Waals surface area contributed by atoms with E-state index < -0.39 is 0 Å². The zero-order valence-corrected chi connectivity index (χ0v) is 15.1. The Hall–Kier alpha value is -3.87. The van der Waals surface area contributed by atoms with Gasteiger partial charge in [-0.15, -0.1) is 0 Å². The second-order valence-electron chi connectivity index (χ2n) is 6.67. The molecule has 1 aliphatic rings. The zero-order chi connectivity index (χ0) is 19.8. The molecule has 3 aromatic carbocycles. The van der Waals surface area contributed by atoms with E-state index in [9.17, 15) is 9.59 Å². The molecule has 0 unspecified atom stereocenters. The van der Waals surface area contributed by atoms with Crippen LogP contribution in [0, 0.1) is 6.92 Å². The molecule has 4 N–H and O–H groups in total. The van der Waals surface area contributed by atoms with Crippen molar-refractivity contribution < 1.29 is 14.8 Å². The first-order valence-corrected chi connectivity index (χ1v) is 8.72. The third-order valence-corrected chi connectivity index (χ3v) is 4.73. The third kappa shape index (κ3) is 2.92. The van der Waals surface area contributed by atoms with Gasteiger partial charge in [0.15, 0.2) is 5.84 Å². The summed E-state index contributed by atoms with van der Waals surface area (Å²) in [6.07, 6.45) is -0.282. The van der Waals surface area contributed by atoms with Crippen LogP contribution in [0.15, 0.2) is 59.8 Å². The van der Waals surface area contributed by atoms with Crippen LogP contribution in [-0.2, 0) is 9.59 Å². The highest BCUT2D eigenvalue weighted by molar-refractivity contribution is 6.21. The van der Waals surface area contributed by atoms with Gasteiger partial charge in [0.1, 0.15) is 6.42 Å². The number of carbonyl (C=O) groups is 2. The number of oxime groups is 1. The maximum atomic E-state index is 12.9. The Kier molecular flexibility index (Phi) is 4.19. The summed E-state index contributed by atoms with van der Waals surface area (Å²) in [7, 11) is 0. The Morgan fingerprint density at radius 1 is 1.14 bits per heavy atom. The van der Waals surface area contributed by atoms with Crippen LogP contribution in [0.1, 0.15) is 17.5 Å². The van der Waals surface area contributed by atoms with Crippen LogP contribution in [0.25, 0.3) is 10.8 Å². The van der Waals surface area contributed by atoms with Crippen molar-refractivity contribution in [3.63, 3.8) is 0 Å². The number of amidine groups is 1. The molecular formula is C21H18N4O3. The van der Waals surface area contributed by atoms with E-state index in [2.05, 4.69) is 10.5 Å². The molecule has 0 fully saturated rings. The van der Waals surface area contributed by atoms with Crippen molar-refractivity contribution in [1.29, 1.82) is 0 Å². The molecule has 0 atom stereocenters. The highest BCUT2D eigenvalue weighted by Crippen LogP contribution is 2.40. The lowest BCUT2D eigenvalue weighted by atomic mass is 10.0. The molecule has 0 spiro atoms. The molecule has 4 rings (SSSR count). The third-order valence-electron chi connectivity index (χ3n) is 4.73. The van der Waals surface area contributed by atoms with E-state index in [1.54, 1.807) is 24.3 Å². The van der Waals surface area contributed by atoms with Crippen molar-refractivity contribution >= 4 is 45.5 Å². The second kappa shape index (κ2) is 6.70. The lowest BCUT2D eigenvalue weighted by Gasteiger charge is -2.24. The number of amides is 2. The summed E-state index contributed by atoms with van der Waals surface area (Å²) in [6, 6.07) is 16.5. The summed E-state index contributed by atoms with van der Waals surface area (Å²) < 4.78 is 0. The Balaban J connectivity index is 1.97. The summed E-state index contributed by atoms with van der Waals surface area (Å²) in [5.41, 5.74) is 8.90. The summed E-state index contributed by atoms with van der Waals surface area (Å²) >= 11 is 0. The van der Waals surface area contributed by atoms with Crippen molar-refractivity contribution in [2.45, 2.75) is 13.3 Å². The average Bonchev–Trinajstić information content (AvgIpc) is 2.82. The quantitative estimate of drug-likeness (QED) is 0.210. The molecule has 1 aliphatic heterocycles. The summed E-state index contributed by atoms with van der Waals surface area (Å²) in [4.78, 5) is 26.7. The van der Waals surface area contributed by atoms with Gasteiger partial charge >= 0.3 is 0 Å². The fraction of sp³-hybridized carbons (Fsp3) is 0.0952. The van der Waals surface area contributed by atoms with E-state index >= 15 is 0 Å². The van der Waals surface area contributed by atoms with Crippen molar-refractivity contribution in [3.05, 3.63) is 65.7 Å². The molecule has 0 radical (unpaired) electrons. The molecule has 0 saturated heterocycles. The molecule has 1 heterocycles. The molecule has 0 aliphatic carbocycles. The largest absolute Gasteiger partial charge is 0.409 e. The summed E-state index contributed by atoms with van der Waals surface area (Å²) in [6.45, 7) is 1.97. The SMILES string of the molecule is Cc1ccc2ccc3c(c2c1)NC(=O)CC(=O)N3c1cccc(/C(N)=N/O)c1. The van der Waals surface area contributed by atoms with Crippen molar-refractivity contribution in [2.75, 3.05) is 10.2 Å². The molecule has 3 aromatic rings. The van der Waals surface area contributed by atoms with Crippen molar-refractivity contribution in [3.8, 4) is 0 Å². The second-order valence-corrected chi connectivity index (χ2v) is 6.67. The number of aryl methyl sites for hydroxylation is 1. The van der Waals surface area contributed by atoms with Crippen molar-refractivity contribution in [2.24, 2.45) is 10.9 Å². The number of rotatable bonds is 2. The Morgan fingerprint density at radius 3 is 2.71 bits per heavy atom. The van der Waals surface area contributed by atoms with Gasteiger partial charge < -0.3 is 16.3 Å². The van der Waals surface area contributed by atoms with Gasteiger partial charge in [-0.05, 0) is 36.6 Å². The Labute approximate surface area is 161 Å². The van der Waals surface area contributed by atoms with Crippen LogP contribution < -0.4 is 16.0 Å². The molecule has 0 saturated carbocycles. The van der Waals surface area contributed by atoms with Gasteiger partial charge in [0, 0.05) is 16.6 Å². The maximum absolute atomic E-state index is 12.9. The van der Waals surface area contributed by atoms with Gasteiger partial charge in [0.05, 0.1) is 11.4 Å². The molecule has 140 valence electrons. The van der Waals surface area contributed by atoms with Gasteiger partial charge in [0.2, 0.25) is 11.8 Å². The van der Waals surface area contributed by atoms with Crippen molar-refractivity contribution in [1.82, 2.24) is 0 Å². The van der Waals surface area contributed by atoms with Crippen LogP contribution in [0.2, 0.25) is 0 Å². The molecule has 7 nitrogen and oxygen atoms in total. The Bertz CT molecular complexity index is 1150. The first kappa shape index (κ1) is 17.5. The highest BCUT2D eigenvalue weighted by atomic mass is 16.4. The van der Waals surface area contributed by atoms with Gasteiger partial charge in [-0.1, -0.05) is 41.1 Å². The molecular weight excluding hydrogens is 356 g/mol. The van der Waals surface area contributed by atoms with Crippen LogP contribution in [0.3, 0.4) is 0 Å². The molecule has 0 aromatic heterocycles. The number of nitrogens with one attached hydrogen (secondary N) is 1. The number of anilines is 3. The predicted octanol–water partition coefficient (Wildman–Crippen LogP) is 3.25. The van der Waals surface area contributed by atoms with Gasteiger partial charge in [-0.2, -0.15) is 0 Å². The maximum Gasteiger partial charge on any atom is 0.241 e. The molecule has 7 heteroatoms. The average molecular weight is 374 g/mol. The highest BCUT2D eigenvalue weighted by Gasteiger charge is 2.29. The number of nitrogens with two attached hydrogens (primary N) is 1. The molecule has 2 amide bonds. The van der Waals surface area contributed by atoms with Gasteiger partial charge in [-0.3, -0.25) is 14.5 Å². The fourth-order valence-electron chi connectivity index (χ4n) is 3.42. The zero-order valence-electron chi connectivity index (χ0n) is 15.1. The van der Waals surface area contributed by atoms with Gasteiger partial charge in [0.25, 0.3) is 0 Å². The first-order valence-electron chi connectivity index (χ1n) is 8.72. The summed E-state index contributed by atoms with van der Waals surface area (Å²) in [5, 5.41) is 16.7. The minimum atomic E-state index is -0.365. The van der Waals surface area contributed by atoms with Crippen LogP contribution in [-0.4, -0.2) is 22.9 Å². The van der Waals surface area contributed by atoms with E-state index in [-0.39, 0.29) is 24.1 Å². The lowest BCUT2D eigenvalue weighted by molar-refractivity contribution is -0.124. The summed E-state index contributed by atoms with van der Waals surface area (Å²) in [5.74, 6) is -0.789.